The lowest BCUT2D eigenvalue weighted by Gasteiger charge is -2.11. The average Bonchev–Trinajstić information content (AvgIpc) is 2.65. The molecule has 28 heavy (non-hydrogen) atoms. The molecule has 1 aromatic heterocycles. The second-order valence-corrected chi connectivity index (χ2v) is 6.56. The highest BCUT2D eigenvalue weighted by Crippen LogP contribution is 2.20. The molecular weight excluding hydrogens is 368 g/mol. The van der Waals surface area contributed by atoms with Gasteiger partial charge in [0.05, 0.1) is 0 Å². The van der Waals surface area contributed by atoms with E-state index in [4.69, 9.17) is 4.74 Å². The monoisotopic (exact) mass is 391 g/mol. The van der Waals surface area contributed by atoms with Crippen LogP contribution in [-0.2, 0) is 11.3 Å². The number of carbonyl (C=O) groups excluding carboxylic acids is 2. The second-order valence-electron chi connectivity index (χ2n) is 6.56. The molecule has 0 radical (unpaired) electrons. The summed E-state index contributed by atoms with van der Waals surface area (Å²) in [4.78, 5) is 28.1. The van der Waals surface area contributed by atoms with E-state index in [1.54, 1.807) is 45.0 Å². The third-order valence-electron chi connectivity index (χ3n) is 3.86. The first-order valence-electron chi connectivity index (χ1n) is 8.82. The first-order chi connectivity index (χ1) is 13.3. The Morgan fingerprint density at radius 3 is 2.57 bits per heavy atom. The summed E-state index contributed by atoms with van der Waals surface area (Å²) in [5.41, 5.74) is 1.87. The van der Waals surface area contributed by atoms with Crippen LogP contribution in [0.1, 0.15) is 35.3 Å². The first kappa shape index (κ1) is 21.3. The SMILES string of the molecule is Cc1cc(CNC(=O)c2ccnc(NC(=O)C(C)C)c2)ccc1OCC(F)F. The Bertz CT molecular complexity index is 841. The Morgan fingerprint density at radius 2 is 1.93 bits per heavy atom. The van der Waals surface area contributed by atoms with Crippen molar-refractivity contribution >= 4 is 17.6 Å². The number of halogens is 2. The molecule has 0 bridgehead atoms. The van der Waals surface area contributed by atoms with Gasteiger partial charge in [0.2, 0.25) is 5.91 Å². The lowest BCUT2D eigenvalue weighted by molar-refractivity contribution is -0.118. The highest BCUT2D eigenvalue weighted by molar-refractivity contribution is 5.96. The van der Waals surface area contributed by atoms with Gasteiger partial charge in [0.25, 0.3) is 12.3 Å². The molecule has 2 rings (SSSR count). The largest absolute Gasteiger partial charge is 0.487 e. The molecule has 0 fully saturated rings. The number of aryl methyl sites for hydroxylation is 1. The topological polar surface area (TPSA) is 80.3 Å². The molecule has 0 aliphatic carbocycles. The number of nitrogens with zero attached hydrogens (tertiary/aromatic N) is 1. The van der Waals surface area contributed by atoms with Crippen LogP contribution in [0.3, 0.4) is 0 Å². The summed E-state index contributed by atoms with van der Waals surface area (Å²) in [5.74, 6) is -0.0132. The van der Waals surface area contributed by atoms with E-state index in [-0.39, 0.29) is 24.3 Å². The molecule has 0 saturated heterocycles. The lowest BCUT2D eigenvalue weighted by atomic mass is 10.1. The molecule has 0 spiro atoms. The fraction of sp³-hybridized carbons (Fsp3) is 0.350. The van der Waals surface area contributed by atoms with E-state index in [9.17, 15) is 18.4 Å². The van der Waals surface area contributed by atoms with Gasteiger partial charge in [-0.3, -0.25) is 9.59 Å². The van der Waals surface area contributed by atoms with Gasteiger partial charge in [0, 0.05) is 24.2 Å². The van der Waals surface area contributed by atoms with Gasteiger partial charge in [0.1, 0.15) is 18.2 Å². The summed E-state index contributed by atoms with van der Waals surface area (Å²) in [6.45, 7) is 4.87. The maximum atomic E-state index is 12.4. The van der Waals surface area contributed by atoms with Gasteiger partial charge in [-0.25, -0.2) is 13.8 Å². The van der Waals surface area contributed by atoms with Crippen LogP contribution in [0.2, 0.25) is 0 Å². The number of amides is 2. The number of alkyl halides is 2. The first-order valence-corrected chi connectivity index (χ1v) is 8.82. The number of pyridine rings is 1. The standard InChI is InChI=1S/C20H23F2N3O3/c1-12(2)19(26)25-18-9-15(6-7-23-18)20(27)24-10-14-4-5-16(13(3)8-14)28-11-17(21)22/h4-9,12,17H,10-11H2,1-3H3,(H,24,27)(H,23,25,26). The smallest absolute Gasteiger partial charge is 0.272 e. The number of carbonyl (C=O) groups is 2. The van der Waals surface area contributed by atoms with Gasteiger partial charge in [-0.2, -0.15) is 0 Å². The number of anilines is 1. The van der Waals surface area contributed by atoms with E-state index in [0.717, 1.165) is 5.56 Å². The van der Waals surface area contributed by atoms with Gasteiger partial charge in [0.15, 0.2) is 0 Å². The van der Waals surface area contributed by atoms with Gasteiger partial charge >= 0.3 is 0 Å². The molecule has 0 atom stereocenters. The van der Waals surface area contributed by atoms with Crippen molar-refractivity contribution in [2.24, 2.45) is 5.92 Å². The Balaban J connectivity index is 1.96. The van der Waals surface area contributed by atoms with Crippen molar-refractivity contribution in [3.05, 3.63) is 53.2 Å². The zero-order valence-corrected chi connectivity index (χ0v) is 16.0. The molecule has 0 aliphatic heterocycles. The van der Waals surface area contributed by atoms with E-state index in [0.29, 0.717) is 22.7 Å². The molecule has 0 saturated carbocycles. The summed E-state index contributed by atoms with van der Waals surface area (Å²) in [5, 5.41) is 5.42. The Hall–Kier alpha value is -3.03. The molecule has 1 heterocycles. The Morgan fingerprint density at radius 1 is 1.18 bits per heavy atom. The Labute approximate surface area is 162 Å². The van der Waals surface area contributed by atoms with Gasteiger partial charge in [-0.05, 0) is 36.2 Å². The van der Waals surface area contributed by atoms with Crippen LogP contribution in [0, 0.1) is 12.8 Å². The predicted octanol–water partition coefficient (Wildman–Crippen LogP) is 3.56. The van der Waals surface area contributed by atoms with Crippen LogP contribution in [0.15, 0.2) is 36.5 Å². The third kappa shape index (κ3) is 6.29. The van der Waals surface area contributed by atoms with Crippen molar-refractivity contribution in [2.75, 3.05) is 11.9 Å². The van der Waals surface area contributed by atoms with Crippen LogP contribution in [0.25, 0.3) is 0 Å². The van der Waals surface area contributed by atoms with Crippen LogP contribution in [-0.4, -0.2) is 29.8 Å². The molecule has 2 N–H and O–H groups in total. The van der Waals surface area contributed by atoms with Crippen molar-refractivity contribution in [2.45, 2.75) is 33.7 Å². The molecule has 2 aromatic rings. The van der Waals surface area contributed by atoms with Crippen LogP contribution in [0.4, 0.5) is 14.6 Å². The van der Waals surface area contributed by atoms with Gasteiger partial charge in [-0.1, -0.05) is 26.0 Å². The van der Waals surface area contributed by atoms with Crippen molar-refractivity contribution in [3.8, 4) is 5.75 Å². The van der Waals surface area contributed by atoms with E-state index < -0.39 is 13.0 Å². The second kappa shape index (κ2) is 9.77. The van der Waals surface area contributed by atoms with E-state index in [1.165, 1.54) is 12.3 Å². The molecule has 150 valence electrons. The minimum Gasteiger partial charge on any atom is -0.487 e. The summed E-state index contributed by atoms with van der Waals surface area (Å²) < 4.78 is 29.5. The number of ether oxygens (including phenoxy) is 1. The maximum Gasteiger partial charge on any atom is 0.272 e. The fourth-order valence-corrected chi connectivity index (χ4v) is 2.33. The third-order valence-corrected chi connectivity index (χ3v) is 3.86. The van der Waals surface area contributed by atoms with Crippen molar-refractivity contribution in [3.63, 3.8) is 0 Å². The van der Waals surface area contributed by atoms with E-state index >= 15 is 0 Å². The van der Waals surface area contributed by atoms with E-state index in [2.05, 4.69) is 15.6 Å². The highest BCUT2D eigenvalue weighted by Gasteiger charge is 2.11. The number of rotatable bonds is 8. The van der Waals surface area contributed by atoms with Crippen molar-refractivity contribution in [1.82, 2.24) is 10.3 Å². The fourth-order valence-electron chi connectivity index (χ4n) is 2.33. The van der Waals surface area contributed by atoms with Gasteiger partial charge in [-0.15, -0.1) is 0 Å². The quantitative estimate of drug-likeness (QED) is 0.721. The average molecular weight is 391 g/mol. The highest BCUT2D eigenvalue weighted by atomic mass is 19.3. The molecule has 0 aliphatic rings. The zero-order chi connectivity index (χ0) is 20.7. The zero-order valence-electron chi connectivity index (χ0n) is 16.0. The molecule has 2 amide bonds. The van der Waals surface area contributed by atoms with Gasteiger partial charge < -0.3 is 15.4 Å². The lowest BCUT2D eigenvalue weighted by Crippen LogP contribution is -2.23. The summed E-state index contributed by atoms with van der Waals surface area (Å²) >= 11 is 0. The van der Waals surface area contributed by atoms with Crippen LogP contribution >= 0.6 is 0 Å². The number of hydrogen-bond donors (Lipinski definition) is 2. The van der Waals surface area contributed by atoms with Crippen molar-refractivity contribution < 1.29 is 23.1 Å². The minimum absolute atomic E-state index is 0.185. The maximum absolute atomic E-state index is 12.4. The van der Waals surface area contributed by atoms with Crippen LogP contribution < -0.4 is 15.4 Å². The summed E-state index contributed by atoms with van der Waals surface area (Å²) in [7, 11) is 0. The molecule has 0 unspecified atom stereocenters. The van der Waals surface area contributed by atoms with Crippen LogP contribution in [0.5, 0.6) is 5.75 Å². The normalized spacial score (nSPS) is 10.8. The number of benzene rings is 1. The number of nitrogens with one attached hydrogen (secondary N) is 2. The molecule has 8 heteroatoms. The molecular formula is C20H23F2N3O3. The van der Waals surface area contributed by atoms with E-state index in [1.807, 2.05) is 0 Å². The summed E-state index contributed by atoms with van der Waals surface area (Å²) in [6.07, 6.45) is -1.08. The molecule has 6 nitrogen and oxygen atoms in total. The van der Waals surface area contributed by atoms with Crippen molar-refractivity contribution in [1.29, 1.82) is 0 Å². The predicted molar refractivity (Wildman–Crippen MR) is 102 cm³/mol. The Kier molecular flexibility index (Phi) is 7.43. The minimum atomic E-state index is -2.53. The molecule has 1 aromatic carbocycles. The number of aromatic nitrogens is 1. The summed E-state index contributed by atoms with van der Waals surface area (Å²) in [6, 6.07) is 8.12. The number of hydrogen-bond acceptors (Lipinski definition) is 4.